The summed E-state index contributed by atoms with van der Waals surface area (Å²) in [6.07, 6.45) is -0.912. The van der Waals surface area contributed by atoms with Gasteiger partial charge in [0.2, 0.25) is 0 Å². The van der Waals surface area contributed by atoms with Gasteiger partial charge in [-0.1, -0.05) is 41.5 Å². The van der Waals surface area contributed by atoms with Gasteiger partial charge in [0, 0.05) is 23.7 Å². The largest absolute Gasteiger partial charge is 0.364 e. The lowest BCUT2D eigenvalue weighted by atomic mass is 9.87. The van der Waals surface area contributed by atoms with Gasteiger partial charge in [0.1, 0.15) is 23.8 Å². The van der Waals surface area contributed by atoms with Gasteiger partial charge < -0.3 is 9.47 Å². The van der Waals surface area contributed by atoms with Crippen molar-refractivity contribution < 1.29 is 28.7 Å². The molecule has 0 aliphatic carbocycles. The Labute approximate surface area is 196 Å². The number of carbonyl (C=O) groups is 4. The van der Waals surface area contributed by atoms with Crippen LogP contribution in [0.3, 0.4) is 0 Å². The highest BCUT2D eigenvalue weighted by Gasteiger charge is 2.31. The summed E-state index contributed by atoms with van der Waals surface area (Å²) < 4.78 is 11.2. The van der Waals surface area contributed by atoms with Gasteiger partial charge in [-0.25, -0.2) is 0 Å². The van der Waals surface area contributed by atoms with Gasteiger partial charge in [0.15, 0.2) is 11.6 Å². The molecule has 0 radical (unpaired) electrons. The summed E-state index contributed by atoms with van der Waals surface area (Å²) in [5.74, 6) is -0.0750. The molecule has 0 heterocycles. The van der Waals surface area contributed by atoms with Crippen LogP contribution in [0.5, 0.6) is 0 Å². The molecule has 0 aromatic carbocycles. The van der Waals surface area contributed by atoms with Crippen molar-refractivity contribution >= 4 is 23.1 Å². The van der Waals surface area contributed by atoms with Crippen LogP contribution in [0.2, 0.25) is 0 Å². The molecule has 0 fully saturated rings. The van der Waals surface area contributed by atoms with Gasteiger partial charge in [-0.2, -0.15) is 0 Å². The zero-order chi connectivity index (χ0) is 26.3. The van der Waals surface area contributed by atoms with Gasteiger partial charge in [-0.3, -0.25) is 19.2 Å². The fourth-order valence-electron chi connectivity index (χ4n) is 2.34. The van der Waals surface area contributed by atoms with Gasteiger partial charge in [0.25, 0.3) is 0 Å². The Balaban J connectivity index is 0. The highest BCUT2D eigenvalue weighted by atomic mass is 16.5. The maximum atomic E-state index is 11.8. The third kappa shape index (κ3) is 16.3. The maximum Gasteiger partial charge on any atom is 0.158 e. The van der Waals surface area contributed by atoms with Crippen LogP contribution in [-0.4, -0.2) is 46.5 Å². The Morgan fingerprint density at radius 3 is 0.875 bits per heavy atom. The minimum atomic E-state index is -0.619. The van der Waals surface area contributed by atoms with Crippen LogP contribution in [0.15, 0.2) is 0 Å². The average molecular weight is 457 g/mol. The summed E-state index contributed by atoms with van der Waals surface area (Å²) in [5, 5.41) is 0. The SMILES string of the molecule is CC(=O)C(CC(=O)C(C)(C)C)OC(C)(C)C.CC(=O)C(CC(=O)C(C)(C)C)OC(C)(C)C. The Morgan fingerprint density at radius 1 is 0.531 bits per heavy atom. The van der Waals surface area contributed by atoms with Gasteiger partial charge in [0.05, 0.1) is 11.2 Å². The third-order valence-electron chi connectivity index (χ3n) is 4.31. The van der Waals surface area contributed by atoms with Crippen molar-refractivity contribution in [1.29, 1.82) is 0 Å². The minimum absolute atomic E-state index is 0.0527. The molecular formula is C26H48O6. The first kappa shape index (κ1) is 32.8. The van der Waals surface area contributed by atoms with Gasteiger partial charge >= 0.3 is 0 Å². The number of ketones is 4. The number of carbonyl (C=O) groups excluding carboxylic acids is 4. The predicted octanol–water partition coefficient (Wildman–Crippen LogP) is 5.53. The highest BCUT2D eigenvalue weighted by Crippen LogP contribution is 2.22. The van der Waals surface area contributed by atoms with Crippen molar-refractivity contribution in [3.63, 3.8) is 0 Å². The summed E-state index contributed by atoms with van der Waals surface area (Å²) in [6.45, 7) is 25.3. The normalized spacial score (nSPS) is 14.7. The molecular weight excluding hydrogens is 408 g/mol. The van der Waals surface area contributed by atoms with E-state index in [1.165, 1.54) is 13.8 Å². The van der Waals surface area contributed by atoms with Crippen LogP contribution < -0.4 is 0 Å². The fraction of sp³-hybridized carbons (Fsp3) is 0.846. The minimum Gasteiger partial charge on any atom is -0.364 e. The Morgan fingerprint density at radius 2 is 0.750 bits per heavy atom. The topological polar surface area (TPSA) is 86.7 Å². The molecule has 0 aliphatic heterocycles. The van der Waals surface area contributed by atoms with Gasteiger partial charge in [-0.15, -0.1) is 0 Å². The molecule has 0 amide bonds. The van der Waals surface area contributed by atoms with Crippen molar-refractivity contribution in [2.24, 2.45) is 10.8 Å². The standard InChI is InChI=1S/2C13H24O3/c2*1-9(14)10(16-13(5,6)7)8-11(15)12(2,3)4/h2*10H,8H2,1-7H3. The summed E-state index contributed by atoms with van der Waals surface area (Å²) in [7, 11) is 0. The summed E-state index contributed by atoms with van der Waals surface area (Å²) in [4.78, 5) is 46.5. The second kappa shape index (κ2) is 12.2. The van der Waals surface area contributed by atoms with Crippen molar-refractivity contribution in [1.82, 2.24) is 0 Å². The summed E-state index contributed by atoms with van der Waals surface area (Å²) >= 11 is 0. The fourth-order valence-corrected chi connectivity index (χ4v) is 2.34. The zero-order valence-corrected chi connectivity index (χ0v) is 23.0. The first-order valence-corrected chi connectivity index (χ1v) is 11.3. The number of hydrogen-bond acceptors (Lipinski definition) is 6. The van der Waals surface area contributed by atoms with E-state index < -0.39 is 34.2 Å². The first-order valence-electron chi connectivity index (χ1n) is 11.3. The number of rotatable bonds is 8. The molecule has 0 saturated heterocycles. The summed E-state index contributed by atoms with van der Waals surface area (Å²) in [6, 6.07) is 0. The Kier molecular flexibility index (Phi) is 12.5. The van der Waals surface area contributed by atoms with E-state index in [0.717, 1.165) is 0 Å². The van der Waals surface area contributed by atoms with E-state index in [2.05, 4.69) is 0 Å². The van der Waals surface area contributed by atoms with Crippen molar-refractivity contribution in [2.45, 2.75) is 133 Å². The molecule has 0 saturated carbocycles. The second-order valence-electron chi connectivity index (χ2n) is 12.4. The van der Waals surface area contributed by atoms with E-state index in [-0.39, 0.29) is 36.0 Å². The quantitative estimate of drug-likeness (QED) is 0.477. The lowest BCUT2D eigenvalue weighted by Gasteiger charge is -2.27. The molecule has 0 aromatic rings. The van der Waals surface area contributed by atoms with Crippen molar-refractivity contribution in [3.05, 3.63) is 0 Å². The Bertz CT molecular complexity index is 590. The zero-order valence-electron chi connectivity index (χ0n) is 23.0. The van der Waals surface area contributed by atoms with E-state index in [9.17, 15) is 19.2 Å². The van der Waals surface area contributed by atoms with E-state index in [0.29, 0.717) is 0 Å². The molecule has 0 spiro atoms. The van der Waals surface area contributed by atoms with E-state index in [1.807, 2.05) is 83.1 Å². The second-order valence-corrected chi connectivity index (χ2v) is 12.4. The van der Waals surface area contributed by atoms with Crippen LogP contribution >= 0.6 is 0 Å². The Hall–Kier alpha value is -1.40. The summed E-state index contributed by atoms with van der Waals surface area (Å²) in [5.41, 5.74) is -1.66. The maximum absolute atomic E-state index is 11.8. The molecule has 6 heteroatoms. The molecule has 2 atom stereocenters. The molecule has 0 bridgehead atoms. The van der Waals surface area contributed by atoms with Crippen molar-refractivity contribution in [2.75, 3.05) is 0 Å². The lowest BCUT2D eigenvalue weighted by Crippen LogP contribution is -2.36. The van der Waals surface area contributed by atoms with E-state index in [1.54, 1.807) is 0 Å². The first-order chi connectivity index (χ1) is 13.9. The molecule has 0 aromatic heterocycles. The van der Waals surface area contributed by atoms with Crippen LogP contribution in [0, 0.1) is 10.8 Å². The van der Waals surface area contributed by atoms with Crippen LogP contribution in [0.4, 0.5) is 0 Å². The molecule has 0 N–H and O–H groups in total. The number of Topliss-reactive ketones (excluding diaryl/α,β-unsaturated/α-hetero) is 4. The average Bonchev–Trinajstić information content (AvgIpc) is 2.49. The highest BCUT2D eigenvalue weighted by molar-refractivity contribution is 5.91. The number of ether oxygens (including phenoxy) is 2. The van der Waals surface area contributed by atoms with Crippen LogP contribution in [0.25, 0.3) is 0 Å². The monoisotopic (exact) mass is 456 g/mol. The third-order valence-corrected chi connectivity index (χ3v) is 4.31. The van der Waals surface area contributed by atoms with E-state index >= 15 is 0 Å². The van der Waals surface area contributed by atoms with E-state index in [4.69, 9.17) is 9.47 Å². The molecule has 0 aliphatic rings. The number of hydrogen-bond donors (Lipinski definition) is 0. The molecule has 32 heavy (non-hydrogen) atoms. The lowest BCUT2D eigenvalue weighted by molar-refractivity contribution is -0.145. The van der Waals surface area contributed by atoms with Crippen LogP contribution in [0.1, 0.15) is 110 Å². The molecule has 2 unspecified atom stereocenters. The van der Waals surface area contributed by atoms with Crippen LogP contribution in [-0.2, 0) is 28.7 Å². The molecule has 6 nitrogen and oxygen atoms in total. The predicted molar refractivity (Wildman–Crippen MR) is 129 cm³/mol. The smallest absolute Gasteiger partial charge is 0.158 e. The van der Waals surface area contributed by atoms with Crippen molar-refractivity contribution in [3.8, 4) is 0 Å². The molecule has 0 rings (SSSR count). The molecule has 188 valence electrons. The van der Waals surface area contributed by atoms with Gasteiger partial charge in [-0.05, 0) is 55.4 Å².